The van der Waals surface area contributed by atoms with Crippen molar-refractivity contribution < 1.29 is 34.1 Å². The summed E-state index contributed by atoms with van der Waals surface area (Å²) in [6, 6.07) is 36.6. The Morgan fingerprint density at radius 1 is 0.857 bits per heavy atom. The summed E-state index contributed by atoms with van der Waals surface area (Å²) >= 11 is 1.31. The number of hydrogen-bond acceptors (Lipinski definition) is 10. The standard InChI is InChI=1S/C51H46N4O7S/c56-28-29-61-36-19-13-18-35(31-36)45-51(37-30-32(22-23-38(37)52-48(51)59)24-27-50(60)25-11-1-2-12-26-50)41(46(57)54-49-53-39-20-9-10-21-40(39)63-49)43-47(58)62-44(34-16-7-4-8-17-34)42(55(43)45)33-14-5-3-6-15-33/h3-10,13-23,30-31,41-45,56,60H,1-2,11-12,25-26,28-29H2,(H,52,59)(H,53,54,57)/t41-,42-,43-,44+,45+,51-/m0/s1. The molecule has 12 heteroatoms. The number of anilines is 2. The van der Waals surface area contributed by atoms with Gasteiger partial charge < -0.3 is 30.3 Å². The van der Waals surface area contributed by atoms with E-state index in [0.29, 0.717) is 51.6 Å². The number of cyclic esters (lactones) is 1. The van der Waals surface area contributed by atoms with Gasteiger partial charge in [-0.2, -0.15) is 0 Å². The van der Waals surface area contributed by atoms with Crippen molar-refractivity contribution in [1.29, 1.82) is 0 Å². The SMILES string of the molecule is O=C1O[C@H](c2ccccc2)[C@H](c2ccccc2)N2[C@H]1[C@@H](C(=O)Nc1nc3ccccc3s1)[C@]1(C(=O)Nc3ccc(C#CC4(O)CCCCCC4)cc31)[C@H]2c1cccc(OCCO)c1. The Kier molecular flexibility index (Phi) is 10.8. The van der Waals surface area contributed by atoms with Gasteiger partial charge in [0.2, 0.25) is 11.8 Å². The maximum atomic E-state index is 15.6. The number of carbonyl (C=O) groups is 3. The lowest BCUT2D eigenvalue weighted by Gasteiger charge is -2.46. The lowest BCUT2D eigenvalue weighted by atomic mass is 9.65. The Hall–Kier alpha value is -6.36. The molecule has 2 saturated heterocycles. The lowest BCUT2D eigenvalue weighted by Crippen LogP contribution is -2.53. The Morgan fingerprint density at radius 2 is 1.57 bits per heavy atom. The Labute approximate surface area is 369 Å². The van der Waals surface area contributed by atoms with Crippen LogP contribution in [0.4, 0.5) is 10.8 Å². The van der Waals surface area contributed by atoms with Gasteiger partial charge in [0.1, 0.15) is 35.5 Å². The molecule has 4 aliphatic rings. The van der Waals surface area contributed by atoms with Gasteiger partial charge in [-0.3, -0.25) is 19.3 Å². The van der Waals surface area contributed by atoms with Crippen molar-refractivity contribution in [3.63, 3.8) is 0 Å². The van der Waals surface area contributed by atoms with Crippen LogP contribution >= 0.6 is 11.3 Å². The molecule has 1 spiro atoms. The monoisotopic (exact) mass is 858 g/mol. The number of benzene rings is 5. The summed E-state index contributed by atoms with van der Waals surface area (Å²) in [5.74, 6) is 3.82. The predicted octanol–water partition coefficient (Wildman–Crippen LogP) is 8.01. The van der Waals surface area contributed by atoms with Gasteiger partial charge in [-0.05, 0) is 90.4 Å². The molecule has 6 aromatic rings. The number of thiazole rings is 1. The number of rotatable bonds is 8. The fourth-order valence-corrected chi connectivity index (χ4v) is 11.2. The number of nitrogens with zero attached hydrogens (tertiary/aromatic N) is 2. The molecule has 0 radical (unpaired) electrons. The average Bonchev–Trinajstić information content (AvgIpc) is 3.89. The van der Waals surface area contributed by atoms with E-state index in [0.717, 1.165) is 41.5 Å². The largest absolute Gasteiger partial charge is 0.491 e. The minimum atomic E-state index is -1.77. The second-order valence-corrected chi connectivity index (χ2v) is 17.8. The summed E-state index contributed by atoms with van der Waals surface area (Å²) < 4.78 is 13.4. The quantitative estimate of drug-likeness (QED) is 0.0678. The first-order valence-corrected chi connectivity index (χ1v) is 22.4. The first-order valence-electron chi connectivity index (χ1n) is 21.6. The summed E-state index contributed by atoms with van der Waals surface area (Å²) in [5.41, 5.74) is 1.49. The molecule has 10 rings (SSSR count). The van der Waals surface area contributed by atoms with E-state index in [1.165, 1.54) is 11.3 Å². The third kappa shape index (κ3) is 7.25. The molecule has 0 bridgehead atoms. The number of esters is 1. The second kappa shape index (κ2) is 16.7. The van der Waals surface area contributed by atoms with Crippen molar-refractivity contribution in [2.24, 2.45) is 5.92 Å². The van der Waals surface area contributed by atoms with Crippen molar-refractivity contribution in [2.75, 3.05) is 23.8 Å². The molecule has 5 aromatic carbocycles. The number of aliphatic hydroxyl groups excluding tert-OH is 1. The van der Waals surface area contributed by atoms with Crippen molar-refractivity contribution in [2.45, 2.75) is 73.8 Å². The molecule has 318 valence electrons. The van der Waals surface area contributed by atoms with Crippen LogP contribution in [0.25, 0.3) is 10.2 Å². The molecule has 1 aliphatic carbocycles. The summed E-state index contributed by atoms with van der Waals surface area (Å²) in [4.78, 5) is 53.2. The highest BCUT2D eigenvalue weighted by atomic mass is 32.1. The second-order valence-electron chi connectivity index (χ2n) is 16.8. The van der Waals surface area contributed by atoms with Crippen LogP contribution in [-0.4, -0.2) is 62.7 Å². The van der Waals surface area contributed by atoms with Crippen molar-refractivity contribution >= 4 is 50.2 Å². The summed E-state index contributed by atoms with van der Waals surface area (Å²) in [6.45, 7) is -0.180. The Bertz CT molecular complexity index is 2730. The van der Waals surface area contributed by atoms with E-state index < -0.39 is 58.9 Å². The van der Waals surface area contributed by atoms with E-state index >= 15 is 14.4 Å². The number of ether oxygens (including phenoxy) is 2. The molecule has 1 aromatic heterocycles. The molecule has 6 atom stereocenters. The normalized spacial score (nSPS) is 25.0. The average molecular weight is 859 g/mol. The Balaban J connectivity index is 1.23. The van der Waals surface area contributed by atoms with E-state index in [1.54, 1.807) is 12.1 Å². The number of aliphatic hydroxyl groups is 2. The number of morpholine rings is 1. The van der Waals surface area contributed by atoms with Gasteiger partial charge in [-0.25, -0.2) is 4.98 Å². The molecule has 1 saturated carbocycles. The molecule has 4 N–H and O–H groups in total. The molecule has 63 heavy (non-hydrogen) atoms. The zero-order valence-electron chi connectivity index (χ0n) is 34.4. The van der Waals surface area contributed by atoms with Crippen LogP contribution in [0.15, 0.2) is 127 Å². The maximum Gasteiger partial charge on any atom is 0.324 e. The number of amides is 2. The minimum Gasteiger partial charge on any atom is -0.491 e. The van der Waals surface area contributed by atoms with Gasteiger partial charge in [0.25, 0.3) is 0 Å². The summed E-state index contributed by atoms with van der Waals surface area (Å²) in [7, 11) is 0. The van der Waals surface area contributed by atoms with Crippen LogP contribution in [0, 0.1) is 17.8 Å². The van der Waals surface area contributed by atoms with Crippen molar-refractivity contribution in [3.8, 4) is 17.6 Å². The smallest absolute Gasteiger partial charge is 0.324 e. The zero-order chi connectivity index (χ0) is 43.1. The van der Waals surface area contributed by atoms with Crippen LogP contribution < -0.4 is 15.4 Å². The fraction of sp³-hybridized carbons (Fsp3) is 0.294. The molecule has 3 aliphatic heterocycles. The third-order valence-corrected chi connectivity index (χ3v) is 14.0. The van der Waals surface area contributed by atoms with Gasteiger partial charge in [0.05, 0.1) is 34.8 Å². The van der Waals surface area contributed by atoms with Gasteiger partial charge >= 0.3 is 5.97 Å². The number of fused-ring (bicyclic) bond motifs is 4. The Morgan fingerprint density at radius 3 is 2.32 bits per heavy atom. The first kappa shape index (κ1) is 40.7. The van der Waals surface area contributed by atoms with Crippen LogP contribution in [0.1, 0.15) is 84.5 Å². The van der Waals surface area contributed by atoms with Crippen LogP contribution in [0.3, 0.4) is 0 Å². The van der Waals surface area contributed by atoms with E-state index in [9.17, 15) is 10.2 Å². The van der Waals surface area contributed by atoms with Crippen LogP contribution in [-0.2, 0) is 24.5 Å². The highest BCUT2D eigenvalue weighted by Gasteiger charge is 2.74. The van der Waals surface area contributed by atoms with E-state index in [4.69, 9.17) is 14.5 Å². The number of carbonyl (C=O) groups excluding carboxylic acids is 3. The van der Waals surface area contributed by atoms with Crippen LogP contribution in [0.2, 0.25) is 0 Å². The fourth-order valence-electron chi connectivity index (χ4n) is 10.3. The number of aromatic nitrogens is 1. The minimum absolute atomic E-state index is 0.0333. The number of nitrogens with one attached hydrogen (secondary N) is 2. The number of para-hydroxylation sites is 1. The molecule has 0 unspecified atom stereocenters. The predicted molar refractivity (Wildman–Crippen MR) is 240 cm³/mol. The highest BCUT2D eigenvalue weighted by molar-refractivity contribution is 7.22. The maximum absolute atomic E-state index is 15.6. The summed E-state index contributed by atoms with van der Waals surface area (Å²) in [5, 5.41) is 27.9. The summed E-state index contributed by atoms with van der Waals surface area (Å²) in [6.07, 6.45) is 4.16. The van der Waals surface area contributed by atoms with Crippen molar-refractivity contribution in [3.05, 3.63) is 155 Å². The zero-order valence-corrected chi connectivity index (χ0v) is 35.2. The highest BCUT2D eigenvalue weighted by Crippen LogP contribution is 2.65. The topological polar surface area (TPSA) is 150 Å². The molecular formula is C51H46N4O7S. The van der Waals surface area contributed by atoms with Gasteiger partial charge in [0, 0.05) is 11.3 Å². The molecule has 11 nitrogen and oxygen atoms in total. The van der Waals surface area contributed by atoms with Gasteiger partial charge in [0.15, 0.2) is 5.13 Å². The molecule has 4 heterocycles. The van der Waals surface area contributed by atoms with E-state index in [1.807, 2.05) is 120 Å². The molecular weight excluding hydrogens is 813 g/mol. The third-order valence-electron chi connectivity index (χ3n) is 13.0. The van der Waals surface area contributed by atoms with Crippen LogP contribution in [0.5, 0.6) is 5.75 Å². The lowest BCUT2D eigenvalue weighted by molar-refractivity contribution is -0.177. The van der Waals surface area contributed by atoms with E-state index in [-0.39, 0.29) is 13.2 Å². The molecule has 2 amide bonds. The van der Waals surface area contributed by atoms with Gasteiger partial charge in [-0.1, -0.05) is 121 Å². The number of hydrogen-bond donors (Lipinski definition) is 4. The van der Waals surface area contributed by atoms with Crippen molar-refractivity contribution in [1.82, 2.24) is 9.88 Å². The van der Waals surface area contributed by atoms with Gasteiger partial charge in [-0.15, -0.1) is 0 Å². The molecule has 3 fully saturated rings. The first-order chi connectivity index (χ1) is 30.8. The van der Waals surface area contributed by atoms with E-state index in [2.05, 4.69) is 22.5 Å².